The third kappa shape index (κ3) is 5.41. The van der Waals surface area contributed by atoms with E-state index in [4.69, 9.17) is 27.9 Å². The molecule has 7 heteroatoms. The summed E-state index contributed by atoms with van der Waals surface area (Å²) in [6.45, 7) is 0.559. The Hall–Kier alpha value is -2.68. The van der Waals surface area contributed by atoms with Crippen molar-refractivity contribution in [2.24, 2.45) is 0 Å². The van der Waals surface area contributed by atoms with Crippen molar-refractivity contribution in [2.75, 3.05) is 19.0 Å². The number of nitrogens with zero attached hydrogens (tertiary/aromatic N) is 1. The molecule has 0 saturated carbocycles. The van der Waals surface area contributed by atoms with E-state index in [9.17, 15) is 10.1 Å². The third-order valence-corrected chi connectivity index (χ3v) is 4.32. The molecular formula is C19H17Cl2N3O2. The van der Waals surface area contributed by atoms with E-state index in [1.165, 1.54) is 6.20 Å². The summed E-state index contributed by atoms with van der Waals surface area (Å²) in [5.74, 6) is 0.221. The number of nitrogens with one attached hydrogen (secondary N) is 2. The number of carbonyl (C=O) groups excluding carboxylic acids is 1. The first-order chi connectivity index (χ1) is 12.5. The van der Waals surface area contributed by atoms with Gasteiger partial charge in [-0.2, -0.15) is 5.26 Å². The van der Waals surface area contributed by atoms with E-state index in [0.717, 1.165) is 11.3 Å². The summed E-state index contributed by atoms with van der Waals surface area (Å²) in [7, 11) is 1.62. The first-order valence-corrected chi connectivity index (χ1v) is 8.52. The number of hydrogen-bond acceptors (Lipinski definition) is 4. The van der Waals surface area contributed by atoms with Gasteiger partial charge in [-0.1, -0.05) is 41.4 Å². The predicted molar refractivity (Wildman–Crippen MR) is 103 cm³/mol. The molecule has 0 radical (unpaired) electrons. The molecule has 2 rings (SSSR count). The van der Waals surface area contributed by atoms with Crippen molar-refractivity contribution in [1.82, 2.24) is 5.32 Å². The maximum absolute atomic E-state index is 12.2. The Kier molecular flexibility index (Phi) is 7.34. The van der Waals surface area contributed by atoms with Crippen molar-refractivity contribution < 1.29 is 9.53 Å². The fourth-order valence-electron chi connectivity index (χ4n) is 2.16. The molecule has 0 aliphatic carbocycles. The standard InChI is InChI=1S/C19H17Cl2N3O2/c1-26-15-5-2-4-13(10-15)8-9-23-12-14(11-22)19(25)24-17-7-3-6-16(20)18(17)21/h2-7,10,12,23H,8-9H2,1H3,(H,24,25)/b14-12-. The van der Waals surface area contributed by atoms with E-state index in [2.05, 4.69) is 10.6 Å². The van der Waals surface area contributed by atoms with Gasteiger partial charge in [0.15, 0.2) is 0 Å². The molecule has 0 aliphatic rings. The van der Waals surface area contributed by atoms with Gasteiger partial charge in [-0.3, -0.25) is 4.79 Å². The smallest absolute Gasteiger partial charge is 0.267 e. The van der Waals surface area contributed by atoms with E-state index in [1.807, 2.05) is 30.3 Å². The van der Waals surface area contributed by atoms with Crippen LogP contribution in [0.4, 0.5) is 5.69 Å². The number of ether oxygens (including phenoxy) is 1. The molecular weight excluding hydrogens is 373 g/mol. The van der Waals surface area contributed by atoms with Gasteiger partial charge < -0.3 is 15.4 Å². The van der Waals surface area contributed by atoms with E-state index < -0.39 is 5.91 Å². The van der Waals surface area contributed by atoms with Crippen LogP contribution in [0.25, 0.3) is 0 Å². The lowest BCUT2D eigenvalue weighted by molar-refractivity contribution is -0.112. The Morgan fingerprint density at radius 1 is 1.27 bits per heavy atom. The monoisotopic (exact) mass is 389 g/mol. The summed E-state index contributed by atoms with van der Waals surface area (Å²) in [5, 5.41) is 15.3. The topological polar surface area (TPSA) is 74.1 Å². The molecule has 0 bridgehead atoms. The SMILES string of the molecule is COc1cccc(CCN/C=C(/C#N)C(=O)Nc2cccc(Cl)c2Cl)c1. The molecule has 1 amide bonds. The molecule has 0 spiro atoms. The summed E-state index contributed by atoms with van der Waals surface area (Å²) in [4.78, 5) is 12.2. The molecule has 0 unspecified atom stereocenters. The Labute approximate surface area is 162 Å². The van der Waals surface area contributed by atoms with Crippen molar-refractivity contribution in [1.29, 1.82) is 5.26 Å². The van der Waals surface area contributed by atoms with E-state index >= 15 is 0 Å². The summed E-state index contributed by atoms with van der Waals surface area (Å²) in [6.07, 6.45) is 2.10. The summed E-state index contributed by atoms with van der Waals surface area (Å²) >= 11 is 11.9. The van der Waals surface area contributed by atoms with Crippen LogP contribution in [-0.2, 0) is 11.2 Å². The maximum Gasteiger partial charge on any atom is 0.267 e. The zero-order valence-electron chi connectivity index (χ0n) is 14.1. The number of nitriles is 1. The molecule has 0 heterocycles. The van der Waals surface area contributed by atoms with E-state index in [1.54, 1.807) is 25.3 Å². The third-order valence-electron chi connectivity index (χ3n) is 3.50. The maximum atomic E-state index is 12.2. The average molecular weight is 390 g/mol. The number of amides is 1. The lowest BCUT2D eigenvalue weighted by atomic mass is 10.1. The van der Waals surface area contributed by atoms with Gasteiger partial charge in [-0.25, -0.2) is 0 Å². The summed E-state index contributed by atoms with van der Waals surface area (Å²) in [6, 6.07) is 14.4. The van der Waals surface area contributed by atoms with Gasteiger partial charge in [0.25, 0.3) is 5.91 Å². The Balaban J connectivity index is 1.93. The number of halogens is 2. The second kappa shape index (κ2) is 9.71. The number of rotatable bonds is 7. The van der Waals surface area contributed by atoms with Crippen molar-refractivity contribution in [3.8, 4) is 11.8 Å². The highest BCUT2D eigenvalue weighted by Crippen LogP contribution is 2.29. The number of methoxy groups -OCH3 is 1. The molecule has 26 heavy (non-hydrogen) atoms. The number of anilines is 1. The van der Waals surface area contributed by atoms with Gasteiger partial charge in [-0.15, -0.1) is 0 Å². The van der Waals surface area contributed by atoms with Gasteiger partial charge in [0, 0.05) is 12.7 Å². The minimum atomic E-state index is -0.564. The van der Waals surface area contributed by atoms with Crippen LogP contribution in [-0.4, -0.2) is 19.6 Å². The first kappa shape index (κ1) is 19.6. The highest BCUT2D eigenvalue weighted by molar-refractivity contribution is 6.44. The lowest BCUT2D eigenvalue weighted by Crippen LogP contribution is -2.18. The fourth-order valence-corrected chi connectivity index (χ4v) is 2.51. The van der Waals surface area contributed by atoms with Crippen LogP contribution in [0.3, 0.4) is 0 Å². The van der Waals surface area contributed by atoms with Gasteiger partial charge in [0.05, 0.1) is 22.8 Å². The minimum Gasteiger partial charge on any atom is -0.497 e. The summed E-state index contributed by atoms with van der Waals surface area (Å²) < 4.78 is 5.17. The van der Waals surface area contributed by atoms with Crippen molar-refractivity contribution in [3.05, 3.63) is 69.8 Å². The highest BCUT2D eigenvalue weighted by atomic mass is 35.5. The van der Waals surface area contributed by atoms with Crippen molar-refractivity contribution in [2.45, 2.75) is 6.42 Å². The molecule has 2 aromatic rings. The van der Waals surface area contributed by atoms with Crippen LogP contribution in [0.5, 0.6) is 5.75 Å². The van der Waals surface area contributed by atoms with Crippen LogP contribution < -0.4 is 15.4 Å². The Morgan fingerprint density at radius 2 is 2.04 bits per heavy atom. The van der Waals surface area contributed by atoms with Crippen LogP contribution in [0.1, 0.15) is 5.56 Å². The first-order valence-electron chi connectivity index (χ1n) is 7.77. The molecule has 134 valence electrons. The van der Waals surface area contributed by atoms with Crippen LogP contribution in [0.15, 0.2) is 54.2 Å². The van der Waals surface area contributed by atoms with Crippen molar-refractivity contribution >= 4 is 34.8 Å². The minimum absolute atomic E-state index is 0.0633. The second-order valence-electron chi connectivity index (χ2n) is 5.28. The zero-order chi connectivity index (χ0) is 18.9. The van der Waals surface area contributed by atoms with Crippen LogP contribution in [0.2, 0.25) is 10.0 Å². The van der Waals surface area contributed by atoms with Gasteiger partial charge in [0.2, 0.25) is 0 Å². The molecule has 5 nitrogen and oxygen atoms in total. The molecule has 2 aromatic carbocycles. The number of hydrogen-bond donors (Lipinski definition) is 2. The molecule has 0 aromatic heterocycles. The number of carbonyl (C=O) groups is 1. The van der Waals surface area contributed by atoms with Gasteiger partial charge in [0.1, 0.15) is 17.4 Å². The van der Waals surface area contributed by atoms with Gasteiger partial charge in [-0.05, 0) is 36.2 Å². The van der Waals surface area contributed by atoms with E-state index in [-0.39, 0.29) is 10.6 Å². The average Bonchev–Trinajstić information content (AvgIpc) is 2.65. The molecule has 0 fully saturated rings. The molecule has 0 saturated heterocycles. The molecule has 0 aliphatic heterocycles. The van der Waals surface area contributed by atoms with Crippen LogP contribution >= 0.6 is 23.2 Å². The largest absolute Gasteiger partial charge is 0.497 e. The highest BCUT2D eigenvalue weighted by Gasteiger charge is 2.12. The Bertz CT molecular complexity index is 860. The van der Waals surface area contributed by atoms with E-state index in [0.29, 0.717) is 23.7 Å². The molecule has 2 N–H and O–H groups in total. The molecule has 0 atom stereocenters. The zero-order valence-corrected chi connectivity index (χ0v) is 15.6. The lowest BCUT2D eigenvalue weighted by Gasteiger charge is -2.08. The van der Waals surface area contributed by atoms with Gasteiger partial charge >= 0.3 is 0 Å². The Morgan fingerprint density at radius 3 is 2.77 bits per heavy atom. The predicted octanol–water partition coefficient (Wildman–Crippen LogP) is 4.18. The number of benzene rings is 2. The second-order valence-corrected chi connectivity index (χ2v) is 6.07. The van der Waals surface area contributed by atoms with Crippen LogP contribution in [0, 0.1) is 11.3 Å². The normalized spacial score (nSPS) is 10.8. The quantitative estimate of drug-likeness (QED) is 0.423. The fraction of sp³-hybridized carbons (Fsp3) is 0.158. The summed E-state index contributed by atoms with van der Waals surface area (Å²) in [5.41, 5.74) is 1.37. The van der Waals surface area contributed by atoms with Crippen molar-refractivity contribution in [3.63, 3.8) is 0 Å².